The molecule has 124 valence electrons. The SMILES string of the molecule is CC1(C)CCC(C)(C)c2cc(-c3nc4ccc(Cl)cc4[nH]3)ccc21. The lowest BCUT2D eigenvalue weighted by Crippen LogP contribution is -2.33. The Labute approximate surface area is 148 Å². The van der Waals surface area contributed by atoms with Crippen LogP contribution in [0.2, 0.25) is 5.02 Å². The lowest BCUT2D eigenvalue weighted by Gasteiger charge is -2.42. The van der Waals surface area contributed by atoms with E-state index in [4.69, 9.17) is 16.6 Å². The van der Waals surface area contributed by atoms with E-state index >= 15 is 0 Å². The number of H-pyrrole nitrogens is 1. The molecular weight excluding hydrogens is 316 g/mol. The summed E-state index contributed by atoms with van der Waals surface area (Å²) in [6, 6.07) is 12.6. The maximum atomic E-state index is 6.09. The highest BCUT2D eigenvalue weighted by molar-refractivity contribution is 6.31. The van der Waals surface area contributed by atoms with Gasteiger partial charge in [0.25, 0.3) is 0 Å². The Morgan fingerprint density at radius 2 is 1.62 bits per heavy atom. The Morgan fingerprint density at radius 1 is 0.917 bits per heavy atom. The molecule has 2 aromatic carbocycles. The Kier molecular flexibility index (Phi) is 3.34. The molecule has 0 spiro atoms. The molecule has 0 bridgehead atoms. The molecule has 0 saturated carbocycles. The van der Waals surface area contributed by atoms with Gasteiger partial charge in [-0.25, -0.2) is 4.98 Å². The highest BCUT2D eigenvalue weighted by Crippen LogP contribution is 2.46. The summed E-state index contributed by atoms with van der Waals surface area (Å²) < 4.78 is 0. The molecule has 1 aliphatic rings. The number of halogens is 1. The molecule has 4 rings (SSSR count). The molecule has 0 radical (unpaired) electrons. The Balaban J connectivity index is 1.87. The molecule has 0 aliphatic heterocycles. The van der Waals surface area contributed by atoms with Crippen LogP contribution < -0.4 is 0 Å². The van der Waals surface area contributed by atoms with Gasteiger partial charge in [0.1, 0.15) is 5.82 Å². The summed E-state index contributed by atoms with van der Waals surface area (Å²) in [5.74, 6) is 0.911. The minimum absolute atomic E-state index is 0.205. The van der Waals surface area contributed by atoms with Crippen LogP contribution in [0.5, 0.6) is 0 Å². The number of imidazole rings is 1. The molecular formula is C21H23ClN2. The van der Waals surface area contributed by atoms with E-state index in [0.29, 0.717) is 0 Å². The van der Waals surface area contributed by atoms with Crippen molar-refractivity contribution in [3.8, 4) is 11.4 Å². The van der Waals surface area contributed by atoms with Gasteiger partial charge in [-0.3, -0.25) is 0 Å². The number of nitrogens with zero attached hydrogens (tertiary/aromatic N) is 1. The fourth-order valence-corrected chi connectivity index (χ4v) is 4.03. The van der Waals surface area contributed by atoms with Crippen molar-refractivity contribution in [2.24, 2.45) is 0 Å². The van der Waals surface area contributed by atoms with Crippen molar-refractivity contribution in [1.82, 2.24) is 9.97 Å². The molecule has 2 nitrogen and oxygen atoms in total. The Bertz CT molecular complexity index is 934. The van der Waals surface area contributed by atoms with Crippen molar-refractivity contribution < 1.29 is 0 Å². The van der Waals surface area contributed by atoms with Crippen molar-refractivity contribution in [2.45, 2.75) is 51.4 Å². The van der Waals surface area contributed by atoms with Gasteiger partial charge in [0.15, 0.2) is 0 Å². The molecule has 0 fully saturated rings. The topological polar surface area (TPSA) is 28.7 Å². The smallest absolute Gasteiger partial charge is 0.138 e. The molecule has 1 heterocycles. The van der Waals surface area contributed by atoms with Crippen LogP contribution in [0.1, 0.15) is 51.7 Å². The maximum Gasteiger partial charge on any atom is 0.138 e. The highest BCUT2D eigenvalue weighted by Gasteiger charge is 2.37. The number of nitrogens with one attached hydrogen (secondary N) is 1. The maximum absolute atomic E-state index is 6.09. The zero-order valence-electron chi connectivity index (χ0n) is 14.7. The third-order valence-electron chi connectivity index (χ3n) is 5.57. The summed E-state index contributed by atoms with van der Waals surface area (Å²) in [6.45, 7) is 9.40. The van der Waals surface area contributed by atoms with Crippen LogP contribution in [-0.4, -0.2) is 9.97 Å². The lowest BCUT2D eigenvalue weighted by atomic mass is 9.63. The van der Waals surface area contributed by atoms with Gasteiger partial charge in [-0.1, -0.05) is 51.4 Å². The van der Waals surface area contributed by atoms with Crippen molar-refractivity contribution in [3.63, 3.8) is 0 Å². The average Bonchev–Trinajstić information content (AvgIpc) is 2.95. The van der Waals surface area contributed by atoms with Gasteiger partial charge < -0.3 is 4.98 Å². The van der Waals surface area contributed by atoms with Crippen molar-refractivity contribution >= 4 is 22.6 Å². The molecule has 24 heavy (non-hydrogen) atoms. The normalized spacial score (nSPS) is 18.5. The second-order valence-corrected chi connectivity index (χ2v) is 8.71. The number of hydrogen-bond donors (Lipinski definition) is 1. The first-order valence-corrected chi connectivity index (χ1v) is 8.95. The highest BCUT2D eigenvalue weighted by atomic mass is 35.5. The van der Waals surface area contributed by atoms with Crippen LogP contribution in [0, 0.1) is 0 Å². The quantitative estimate of drug-likeness (QED) is 0.559. The number of aromatic nitrogens is 2. The predicted octanol–water partition coefficient (Wildman–Crippen LogP) is 6.23. The first-order chi connectivity index (χ1) is 11.3. The fraction of sp³-hybridized carbons (Fsp3) is 0.381. The van der Waals surface area contributed by atoms with E-state index in [2.05, 4.69) is 50.9 Å². The first-order valence-electron chi connectivity index (χ1n) is 8.57. The molecule has 1 aromatic heterocycles. The number of aromatic amines is 1. The van der Waals surface area contributed by atoms with Gasteiger partial charge in [0, 0.05) is 10.6 Å². The molecule has 0 atom stereocenters. The van der Waals surface area contributed by atoms with E-state index in [1.54, 1.807) is 0 Å². The molecule has 0 saturated heterocycles. The number of hydrogen-bond acceptors (Lipinski definition) is 1. The van der Waals surface area contributed by atoms with E-state index in [1.807, 2.05) is 18.2 Å². The molecule has 3 heteroatoms. The number of benzene rings is 2. The molecule has 1 N–H and O–H groups in total. The largest absolute Gasteiger partial charge is 0.338 e. The fourth-order valence-electron chi connectivity index (χ4n) is 3.85. The van der Waals surface area contributed by atoms with Gasteiger partial charge in [0.2, 0.25) is 0 Å². The van der Waals surface area contributed by atoms with E-state index in [1.165, 1.54) is 24.0 Å². The molecule has 0 amide bonds. The standard InChI is InChI=1S/C21H23ClN2/c1-20(2)9-10-21(3,4)16-11-13(5-7-15(16)20)19-23-17-8-6-14(22)12-18(17)24-19/h5-8,11-12H,9-10H2,1-4H3,(H,23,24). The van der Waals surface area contributed by atoms with E-state index in [9.17, 15) is 0 Å². The van der Waals surface area contributed by atoms with Gasteiger partial charge in [-0.15, -0.1) is 0 Å². The summed E-state index contributed by atoms with van der Waals surface area (Å²) in [4.78, 5) is 8.15. The van der Waals surface area contributed by atoms with Crippen molar-refractivity contribution in [3.05, 3.63) is 52.5 Å². The first kappa shape index (κ1) is 15.7. The summed E-state index contributed by atoms with van der Waals surface area (Å²) in [7, 11) is 0. The van der Waals surface area contributed by atoms with Gasteiger partial charge >= 0.3 is 0 Å². The minimum Gasteiger partial charge on any atom is -0.338 e. The van der Waals surface area contributed by atoms with Crippen molar-refractivity contribution in [2.75, 3.05) is 0 Å². The average molecular weight is 339 g/mol. The third-order valence-corrected chi connectivity index (χ3v) is 5.81. The monoisotopic (exact) mass is 338 g/mol. The minimum atomic E-state index is 0.205. The Morgan fingerprint density at radius 3 is 2.38 bits per heavy atom. The van der Waals surface area contributed by atoms with Crippen LogP contribution in [0.3, 0.4) is 0 Å². The molecule has 1 aliphatic carbocycles. The second kappa shape index (κ2) is 5.10. The van der Waals surface area contributed by atoms with Gasteiger partial charge in [0.05, 0.1) is 11.0 Å². The zero-order valence-corrected chi connectivity index (χ0v) is 15.5. The summed E-state index contributed by atoms with van der Waals surface area (Å²) >= 11 is 6.09. The van der Waals surface area contributed by atoms with Crippen LogP contribution in [0.15, 0.2) is 36.4 Å². The van der Waals surface area contributed by atoms with E-state index < -0.39 is 0 Å². The van der Waals surface area contributed by atoms with Crippen LogP contribution in [-0.2, 0) is 10.8 Å². The summed E-state index contributed by atoms with van der Waals surface area (Å²) in [5.41, 5.74) is 6.45. The summed E-state index contributed by atoms with van der Waals surface area (Å²) in [6.07, 6.45) is 2.45. The van der Waals surface area contributed by atoms with Gasteiger partial charge in [-0.05, 0) is 59.1 Å². The molecule has 3 aromatic rings. The van der Waals surface area contributed by atoms with Gasteiger partial charge in [-0.2, -0.15) is 0 Å². The molecule has 0 unspecified atom stereocenters. The number of fused-ring (bicyclic) bond motifs is 2. The van der Waals surface area contributed by atoms with Crippen molar-refractivity contribution in [1.29, 1.82) is 0 Å². The van der Waals surface area contributed by atoms with Crippen LogP contribution in [0.25, 0.3) is 22.4 Å². The lowest BCUT2D eigenvalue weighted by molar-refractivity contribution is 0.332. The summed E-state index contributed by atoms with van der Waals surface area (Å²) in [5, 5.41) is 0.728. The van der Waals surface area contributed by atoms with E-state index in [0.717, 1.165) is 27.4 Å². The zero-order chi connectivity index (χ0) is 17.1. The van der Waals surface area contributed by atoms with Crippen LogP contribution in [0.4, 0.5) is 0 Å². The third kappa shape index (κ3) is 2.44. The number of rotatable bonds is 1. The Hall–Kier alpha value is -1.80. The predicted molar refractivity (Wildman–Crippen MR) is 102 cm³/mol. The second-order valence-electron chi connectivity index (χ2n) is 8.28. The van der Waals surface area contributed by atoms with Crippen LogP contribution >= 0.6 is 11.6 Å². The van der Waals surface area contributed by atoms with E-state index in [-0.39, 0.29) is 10.8 Å².